The molecule has 1 atom stereocenters. The molecule has 2 aromatic carbocycles. The summed E-state index contributed by atoms with van der Waals surface area (Å²) >= 11 is 0. The molecule has 0 aliphatic heterocycles. The van der Waals surface area contributed by atoms with E-state index in [4.69, 9.17) is 30.0 Å². The Bertz CT molecular complexity index is 1610. The monoisotopic (exact) mass is 785 g/mol. The number of carbonyl (C=O) groups excluding carboxylic acids is 4. The Balaban J connectivity index is 1.66. The first-order chi connectivity index (χ1) is 25.9. The second-order valence-electron chi connectivity index (χ2n) is 11.6. The Morgan fingerprint density at radius 2 is 1.31 bits per heavy atom. The summed E-state index contributed by atoms with van der Waals surface area (Å²) in [6.07, 6.45) is 0.139. The first kappa shape index (κ1) is 45.7. The lowest BCUT2D eigenvalue weighted by Crippen LogP contribution is -2.49. The molecule has 54 heavy (non-hydrogen) atoms. The number of hydrogen-bond donors (Lipinski definition) is 7. The molecule has 20 nitrogen and oxygen atoms in total. The summed E-state index contributed by atoms with van der Waals surface area (Å²) in [7, 11) is -0.218. The number of nitrogens with two attached hydrogens (primary N) is 1. The van der Waals surface area contributed by atoms with Crippen molar-refractivity contribution in [1.29, 1.82) is 0 Å². The van der Waals surface area contributed by atoms with E-state index in [1.807, 2.05) is 31.1 Å². The van der Waals surface area contributed by atoms with Gasteiger partial charge in [-0.2, -0.15) is 0 Å². The van der Waals surface area contributed by atoms with Crippen LogP contribution in [0.4, 0.5) is 5.69 Å². The van der Waals surface area contributed by atoms with Gasteiger partial charge in [-0.25, -0.2) is 19.0 Å². The van der Waals surface area contributed by atoms with Crippen molar-refractivity contribution in [2.75, 3.05) is 105 Å². The number of sulfonamides is 1. The maximum Gasteiger partial charge on any atom is 0.322 e. The lowest BCUT2D eigenvalue weighted by atomic mass is 10.1. The van der Waals surface area contributed by atoms with Gasteiger partial charge in [-0.15, -0.1) is 0 Å². The van der Waals surface area contributed by atoms with Crippen molar-refractivity contribution in [3.05, 3.63) is 36.4 Å². The van der Waals surface area contributed by atoms with Crippen LogP contribution >= 0.6 is 0 Å². The molecule has 0 aliphatic carbocycles. The number of nitrogens with one attached hydrogen (secondary N) is 5. The molecular weight excluding hydrogens is 734 g/mol. The Morgan fingerprint density at radius 1 is 0.741 bits per heavy atom. The highest BCUT2D eigenvalue weighted by molar-refractivity contribution is 7.89. The van der Waals surface area contributed by atoms with Gasteiger partial charge in [0.05, 0.1) is 44.5 Å². The van der Waals surface area contributed by atoms with Gasteiger partial charge in [0, 0.05) is 50.2 Å². The zero-order valence-corrected chi connectivity index (χ0v) is 31.2. The number of carboxylic acid groups (broad SMARTS) is 1. The number of aliphatic carboxylic acids is 1. The summed E-state index contributed by atoms with van der Waals surface area (Å²) in [5.74, 6) is 1.39. The van der Waals surface area contributed by atoms with Crippen molar-refractivity contribution < 1.29 is 61.3 Å². The van der Waals surface area contributed by atoms with E-state index in [0.717, 1.165) is 11.1 Å². The van der Waals surface area contributed by atoms with Crippen LogP contribution in [0.3, 0.4) is 0 Å². The fourth-order valence-electron chi connectivity index (χ4n) is 4.74. The van der Waals surface area contributed by atoms with Gasteiger partial charge in [-0.3, -0.25) is 28.8 Å². The minimum Gasteiger partial charge on any atom is -0.480 e. The van der Waals surface area contributed by atoms with Crippen LogP contribution in [-0.2, 0) is 57.8 Å². The molecule has 302 valence electrons. The maximum atomic E-state index is 13.2. The standard InChI is InChI=1S/C33H51N7O13S/c1-40(2)27-9-3-7-25-24(27)6-4-10-28(25)54(47,48)38-11-5-8-26(33(46)37-20-32(44)45)39-31(43)22-52-19-17-49-14-12-35-29(41)21-51-18-16-50-15-13-36-30(42)23-53-34/h3-4,6-7,9-10,26,38H,5,8,11-23,34H2,1-2H3,(H,35,41)(H,36,42)(H,37,46)(H,39,43)(H,44,45)/t26-/m0/s1. The van der Waals surface area contributed by atoms with E-state index in [-0.39, 0.29) is 102 Å². The SMILES string of the molecule is CN(C)c1cccc2c(S(=O)(=O)NCCC[C@H](NC(=O)COCCOCCNC(=O)COCCOCCNC(=O)CON)C(=O)NCC(=O)O)cccc12. The van der Waals surface area contributed by atoms with Crippen molar-refractivity contribution in [2.24, 2.45) is 5.90 Å². The second-order valence-corrected chi connectivity index (χ2v) is 13.4. The third-order valence-corrected chi connectivity index (χ3v) is 8.74. The summed E-state index contributed by atoms with van der Waals surface area (Å²) < 4.78 is 50.1. The van der Waals surface area contributed by atoms with Crippen molar-refractivity contribution >= 4 is 56.1 Å². The van der Waals surface area contributed by atoms with E-state index in [0.29, 0.717) is 5.39 Å². The number of ether oxygens (including phenoxy) is 4. The summed E-state index contributed by atoms with van der Waals surface area (Å²) in [5, 5.41) is 20.1. The molecule has 0 aromatic heterocycles. The number of rotatable bonds is 29. The number of carbonyl (C=O) groups is 5. The Labute approximate surface area is 313 Å². The van der Waals surface area contributed by atoms with E-state index in [1.165, 1.54) is 6.07 Å². The van der Waals surface area contributed by atoms with Crippen LogP contribution in [0.15, 0.2) is 41.3 Å². The number of benzene rings is 2. The predicted octanol–water partition coefficient (Wildman–Crippen LogP) is -2.16. The van der Waals surface area contributed by atoms with Gasteiger partial charge in [0.2, 0.25) is 33.7 Å². The minimum absolute atomic E-state index is 0.00102. The molecule has 0 spiro atoms. The van der Waals surface area contributed by atoms with Crippen molar-refractivity contribution in [1.82, 2.24) is 26.0 Å². The fourth-order valence-corrected chi connectivity index (χ4v) is 6.04. The molecule has 0 aliphatic rings. The third-order valence-electron chi connectivity index (χ3n) is 7.22. The van der Waals surface area contributed by atoms with E-state index < -0.39 is 47.0 Å². The molecule has 8 N–H and O–H groups in total. The molecule has 0 saturated heterocycles. The van der Waals surface area contributed by atoms with Gasteiger partial charge in [0.15, 0.2) is 0 Å². The van der Waals surface area contributed by atoms with Gasteiger partial charge in [0.25, 0.3) is 0 Å². The molecule has 2 rings (SSSR count). The lowest BCUT2D eigenvalue weighted by molar-refractivity contribution is -0.138. The Morgan fingerprint density at radius 3 is 1.93 bits per heavy atom. The molecule has 0 radical (unpaired) electrons. The summed E-state index contributed by atoms with van der Waals surface area (Å²) in [6, 6.07) is 9.22. The van der Waals surface area contributed by atoms with Crippen molar-refractivity contribution in [3.63, 3.8) is 0 Å². The van der Waals surface area contributed by atoms with Gasteiger partial charge in [-0.05, 0) is 25.0 Å². The summed E-state index contributed by atoms with van der Waals surface area (Å²) in [6.45, 7) is -0.144. The molecule has 21 heteroatoms. The molecule has 0 heterocycles. The van der Waals surface area contributed by atoms with E-state index in [2.05, 4.69) is 30.8 Å². The van der Waals surface area contributed by atoms with Crippen LogP contribution < -0.4 is 36.8 Å². The highest BCUT2D eigenvalue weighted by Crippen LogP contribution is 2.30. The van der Waals surface area contributed by atoms with Gasteiger partial charge >= 0.3 is 5.97 Å². The van der Waals surface area contributed by atoms with Crippen molar-refractivity contribution in [2.45, 2.75) is 23.8 Å². The normalized spacial score (nSPS) is 11.8. The van der Waals surface area contributed by atoms with Crippen molar-refractivity contribution in [3.8, 4) is 0 Å². The predicted molar refractivity (Wildman–Crippen MR) is 195 cm³/mol. The number of hydrogen-bond acceptors (Lipinski definition) is 14. The number of amides is 4. The largest absolute Gasteiger partial charge is 0.480 e. The first-order valence-electron chi connectivity index (χ1n) is 17.0. The second kappa shape index (κ2) is 25.5. The van der Waals surface area contributed by atoms with Gasteiger partial charge in [-0.1, -0.05) is 24.3 Å². The number of nitrogens with zero attached hydrogens (tertiary/aromatic N) is 1. The van der Waals surface area contributed by atoms with E-state index >= 15 is 0 Å². The quantitative estimate of drug-likeness (QED) is 0.0342. The number of carboxylic acids is 1. The van der Waals surface area contributed by atoms with Gasteiger partial charge < -0.3 is 50.2 Å². The van der Waals surface area contributed by atoms with Crippen LogP contribution in [0.5, 0.6) is 0 Å². The first-order valence-corrected chi connectivity index (χ1v) is 18.5. The molecule has 0 unspecified atom stereocenters. The summed E-state index contributed by atoms with van der Waals surface area (Å²) in [5.41, 5.74) is 0.855. The molecule has 0 bridgehead atoms. The fraction of sp³-hybridized carbons (Fsp3) is 0.545. The average Bonchev–Trinajstić information content (AvgIpc) is 3.13. The number of anilines is 1. The molecular formula is C33H51N7O13S. The minimum atomic E-state index is -3.94. The third kappa shape index (κ3) is 18.0. The average molecular weight is 786 g/mol. The molecule has 0 fully saturated rings. The summed E-state index contributed by atoms with van der Waals surface area (Å²) in [4.78, 5) is 65.3. The highest BCUT2D eigenvalue weighted by atomic mass is 32.2. The van der Waals surface area contributed by atoms with E-state index in [9.17, 15) is 32.4 Å². The zero-order chi connectivity index (χ0) is 39.8. The van der Waals surface area contributed by atoms with Crippen LogP contribution in [0.25, 0.3) is 10.8 Å². The topological polar surface area (TPSA) is 275 Å². The van der Waals surface area contributed by atoms with Crippen LogP contribution in [0, 0.1) is 0 Å². The smallest absolute Gasteiger partial charge is 0.322 e. The molecule has 2 aromatic rings. The van der Waals surface area contributed by atoms with Crippen LogP contribution in [-0.4, -0.2) is 149 Å². The Hall–Kier alpha value is -4.48. The zero-order valence-electron chi connectivity index (χ0n) is 30.4. The van der Waals surface area contributed by atoms with Gasteiger partial charge in [0.1, 0.15) is 32.4 Å². The maximum absolute atomic E-state index is 13.2. The highest BCUT2D eigenvalue weighted by Gasteiger charge is 2.23. The number of fused-ring (bicyclic) bond motifs is 1. The molecule has 4 amide bonds. The Kier molecular flexibility index (Phi) is 21.6. The van der Waals surface area contributed by atoms with Crippen LogP contribution in [0.1, 0.15) is 12.8 Å². The lowest BCUT2D eigenvalue weighted by Gasteiger charge is -2.19. The van der Waals surface area contributed by atoms with Crippen LogP contribution in [0.2, 0.25) is 0 Å². The molecule has 0 saturated carbocycles. The van der Waals surface area contributed by atoms with E-state index in [1.54, 1.807) is 18.2 Å².